The van der Waals surface area contributed by atoms with Gasteiger partial charge in [0.25, 0.3) is 41.9 Å². The molecule has 0 saturated carbocycles. The van der Waals surface area contributed by atoms with E-state index in [2.05, 4.69) is 5.32 Å². The van der Waals surface area contributed by atoms with E-state index >= 15 is 0 Å². The quantitative estimate of drug-likeness (QED) is 0.124. The van der Waals surface area contributed by atoms with Crippen molar-refractivity contribution < 1.29 is 48.6 Å². The summed E-state index contributed by atoms with van der Waals surface area (Å²) in [6.45, 7) is 0. The molecule has 0 spiro atoms. The summed E-state index contributed by atoms with van der Waals surface area (Å²) in [5, 5.41) is 12.1. The molecule has 0 atom stereocenters. The van der Waals surface area contributed by atoms with E-state index in [0.717, 1.165) is 42.5 Å². The number of carbonyl (C=O) groups excluding carboxylic acids is 1. The van der Waals surface area contributed by atoms with Crippen molar-refractivity contribution in [3.63, 3.8) is 0 Å². The molecule has 37 heavy (non-hydrogen) atoms. The van der Waals surface area contributed by atoms with Crippen molar-refractivity contribution in [2.24, 2.45) is 0 Å². The van der Waals surface area contributed by atoms with Crippen LogP contribution in [0, 0.1) is 10.1 Å². The minimum atomic E-state index is -5.14. The van der Waals surface area contributed by atoms with Gasteiger partial charge in [0.1, 0.15) is 14.7 Å². The molecule has 0 heterocycles. The van der Waals surface area contributed by atoms with E-state index in [0.29, 0.717) is 6.07 Å². The number of hydrogen-bond acceptors (Lipinski definition) is 9. The van der Waals surface area contributed by atoms with Crippen molar-refractivity contribution >= 4 is 147 Å². The van der Waals surface area contributed by atoms with Crippen LogP contribution in [-0.4, -0.2) is 138 Å². The Morgan fingerprint density at radius 2 is 1.30 bits per heavy atom. The van der Waals surface area contributed by atoms with Crippen LogP contribution in [0.4, 0.5) is 11.4 Å². The monoisotopic (exact) mass is 604 g/mol. The second-order valence-corrected chi connectivity index (χ2v) is 10.8. The second-order valence-electron chi connectivity index (χ2n) is 6.61. The first-order valence-electron chi connectivity index (χ1n) is 8.60. The topological polar surface area (TPSA) is 235 Å². The van der Waals surface area contributed by atoms with Gasteiger partial charge in [0.2, 0.25) is 0 Å². The summed E-state index contributed by atoms with van der Waals surface area (Å²) in [5.74, 6) is -1.30. The van der Waals surface area contributed by atoms with E-state index in [1.807, 2.05) is 0 Å². The zero-order valence-corrected chi connectivity index (χ0v) is 18.8. The maximum absolute atomic E-state index is 12.8. The third-order valence-corrected chi connectivity index (χ3v) is 7.17. The van der Waals surface area contributed by atoms with Crippen molar-refractivity contribution in [1.82, 2.24) is 0 Å². The van der Waals surface area contributed by atoms with Crippen molar-refractivity contribution in [3.8, 4) is 0 Å². The van der Waals surface area contributed by atoms with E-state index < -0.39 is 83.6 Å². The summed E-state index contributed by atoms with van der Waals surface area (Å²) in [5.41, 5.74) is -1.98. The van der Waals surface area contributed by atoms with Crippen molar-refractivity contribution in [2.45, 2.75) is 14.7 Å². The first-order chi connectivity index (χ1) is 15.5. The first kappa shape index (κ1) is 36.5. The molecule has 0 aliphatic rings. The molecule has 14 nitrogen and oxygen atoms in total. The van der Waals surface area contributed by atoms with Crippen LogP contribution in [0.15, 0.2) is 63.2 Å². The number of hydrogen-bond donors (Lipinski definition) is 4. The van der Waals surface area contributed by atoms with Gasteiger partial charge in [-0.3, -0.25) is 28.6 Å². The summed E-state index contributed by atoms with van der Waals surface area (Å²) in [7, 11) is -15.0. The average molecular weight is 604 g/mol. The van der Waals surface area contributed by atoms with Gasteiger partial charge in [0, 0.05) is 22.9 Å². The molecule has 0 fully saturated rings. The Hall–Kier alpha value is -0.480. The van der Waals surface area contributed by atoms with Gasteiger partial charge in [0.05, 0.1) is 16.2 Å². The SMILES string of the molecule is O=C(Nc1ccc(S(=O)(=O)O)c2cccc(S(=O)(=O)O)c12)c1ccc([N+](=O)[O-])cc1S(=O)(=O)O.[NaH].[NaH].[NaH]. The van der Waals surface area contributed by atoms with Crippen LogP contribution < -0.4 is 5.32 Å². The summed E-state index contributed by atoms with van der Waals surface area (Å²) in [6, 6.07) is 6.57. The summed E-state index contributed by atoms with van der Waals surface area (Å²) in [6.07, 6.45) is 0. The molecule has 0 unspecified atom stereocenters. The number of benzene rings is 3. The fourth-order valence-electron chi connectivity index (χ4n) is 3.11. The van der Waals surface area contributed by atoms with Gasteiger partial charge in [-0.1, -0.05) is 12.1 Å². The molecule has 3 aromatic carbocycles. The Kier molecular flexibility index (Phi) is 13.1. The van der Waals surface area contributed by atoms with Gasteiger partial charge >= 0.3 is 88.7 Å². The Morgan fingerprint density at radius 1 is 0.757 bits per heavy atom. The van der Waals surface area contributed by atoms with Gasteiger partial charge in [-0.2, -0.15) is 25.3 Å². The van der Waals surface area contributed by atoms with Gasteiger partial charge in [0.15, 0.2) is 0 Å². The molecule has 3 rings (SSSR count). The number of amides is 1. The fraction of sp³-hybridized carbons (Fsp3) is 0. The van der Waals surface area contributed by atoms with Crippen LogP contribution in [0.3, 0.4) is 0 Å². The molecule has 4 N–H and O–H groups in total. The molecule has 20 heteroatoms. The molecule has 1 amide bonds. The fourth-order valence-corrected chi connectivity index (χ4v) is 5.23. The number of fused-ring (bicyclic) bond motifs is 1. The molecular formula is C17H15N2Na3O12S3. The molecule has 186 valence electrons. The minimum absolute atomic E-state index is 0. The molecule has 0 aliphatic heterocycles. The molecule has 0 radical (unpaired) electrons. The van der Waals surface area contributed by atoms with Crippen LogP contribution in [0.5, 0.6) is 0 Å². The molecule has 0 aromatic heterocycles. The number of nitrogens with one attached hydrogen (secondary N) is 1. The van der Waals surface area contributed by atoms with Crippen molar-refractivity contribution in [1.29, 1.82) is 0 Å². The number of anilines is 1. The predicted molar refractivity (Wildman–Crippen MR) is 136 cm³/mol. The van der Waals surface area contributed by atoms with Crippen molar-refractivity contribution in [2.75, 3.05) is 5.32 Å². The number of nitrogens with zero attached hydrogens (tertiary/aromatic N) is 1. The van der Waals surface area contributed by atoms with E-state index in [1.165, 1.54) is 0 Å². The zero-order chi connectivity index (χ0) is 25.6. The molecule has 0 aliphatic carbocycles. The Bertz CT molecular complexity index is 1710. The van der Waals surface area contributed by atoms with Gasteiger partial charge < -0.3 is 5.32 Å². The van der Waals surface area contributed by atoms with E-state index in [4.69, 9.17) is 0 Å². The van der Waals surface area contributed by atoms with Crippen molar-refractivity contribution in [3.05, 3.63) is 64.2 Å². The molecular weight excluding hydrogens is 589 g/mol. The van der Waals surface area contributed by atoms with Gasteiger partial charge in [-0.25, -0.2) is 0 Å². The number of non-ortho nitro benzene ring substituents is 1. The Labute approximate surface area is 276 Å². The predicted octanol–water partition coefficient (Wildman–Crippen LogP) is -0.205. The summed E-state index contributed by atoms with van der Waals surface area (Å²) >= 11 is 0. The number of nitro benzene ring substituents is 1. The third kappa shape index (κ3) is 8.26. The molecule has 0 bridgehead atoms. The van der Waals surface area contributed by atoms with Crippen LogP contribution >= 0.6 is 0 Å². The van der Waals surface area contributed by atoms with Crippen LogP contribution in [0.2, 0.25) is 0 Å². The molecule has 3 aromatic rings. The van der Waals surface area contributed by atoms with Crippen LogP contribution in [0.25, 0.3) is 10.8 Å². The van der Waals surface area contributed by atoms with E-state index in [9.17, 15) is 53.8 Å². The Balaban J connectivity index is 0.00000432. The van der Waals surface area contributed by atoms with Crippen LogP contribution in [0.1, 0.15) is 10.4 Å². The normalized spacial score (nSPS) is 11.4. The molecule has 0 saturated heterocycles. The zero-order valence-electron chi connectivity index (χ0n) is 16.3. The number of nitro groups is 1. The van der Waals surface area contributed by atoms with E-state index in [-0.39, 0.29) is 88.7 Å². The third-order valence-electron chi connectivity index (χ3n) is 4.46. The first-order valence-corrected chi connectivity index (χ1v) is 12.9. The van der Waals surface area contributed by atoms with Gasteiger partial charge in [-0.15, -0.1) is 0 Å². The standard InChI is InChI=1S/C17H12N2O12S3.3Na.3H/c20-17(11-5-4-9(19(21)22)8-15(11)34(29,30)31)18-12-6-7-13(32(23,24)25)10-2-1-3-14(16(10)12)33(26,27)28;;;;;;/h1-8H,(H,18,20)(H,23,24,25)(H,26,27,28)(H,29,30,31);;;;;;. The number of carbonyl (C=O) groups is 1. The summed E-state index contributed by atoms with van der Waals surface area (Å²) in [4.78, 5) is 20.0. The van der Waals surface area contributed by atoms with E-state index in [1.54, 1.807) is 0 Å². The Morgan fingerprint density at radius 3 is 1.78 bits per heavy atom. The second kappa shape index (κ2) is 13.2. The van der Waals surface area contributed by atoms with Crippen LogP contribution in [-0.2, 0) is 30.4 Å². The average Bonchev–Trinajstić information content (AvgIpc) is 2.70. The van der Waals surface area contributed by atoms with Gasteiger partial charge in [-0.05, 0) is 24.3 Å². The summed E-state index contributed by atoms with van der Waals surface area (Å²) < 4.78 is 98.9. The maximum atomic E-state index is 12.8. The number of rotatable bonds is 6.